The molecule has 2 rings (SSSR count). The number of aryl methyl sites for hydroxylation is 1. The van der Waals surface area contributed by atoms with Crippen LogP contribution >= 0.6 is 15.9 Å². The van der Waals surface area contributed by atoms with E-state index in [0.29, 0.717) is 15.6 Å². The molecule has 0 unspecified atom stereocenters. The highest BCUT2D eigenvalue weighted by atomic mass is 79.9. The lowest BCUT2D eigenvalue weighted by molar-refractivity contribution is -0.123. The van der Waals surface area contributed by atoms with Crippen molar-refractivity contribution in [3.63, 3.8) is 0 Å². The summed E-state index contributed by atoms with van der Waals surface area (Å²) >= 11 is 3.26. The molecule has 0 radical (unpaired) electrons. The second-order valence-electron chi connectivity index (χ2n) is 7.96. The lowest BCUT2D eigenvalue weighted by Gasteiger charge is -2.33. The van der Waals surface area contributed by atoms with Crippen LogP contribution in [0.15, 0.2) is 15.7 Å². The number of fused-ring (bicyclic) bond motifs is 1. The molecular formula is C16H24BrN5O2. The van der Waals surface area contributed by atoms with Gasteiger partial charge in [0, 0.05) is 12.6 Å². The van der Waals surface area contributed by atoms with Crippen LogP contribution in [0.3, 0.4) is 0 Å². The Morgan fingerprint density at radius 2 is 1.92 bits per heavy atom. The van der Waals surface area contributed by atoms with Gasteiger partial charge in [-0.25, -0.2) is 9.67 Å². The van der Waals surface area contributed by atoms with Gasteiger partial charge >= 0.3 is 0 Å². The molecule has 2 heterocycles. The van der Waals surface area contributed by atoms with E-state index in [1.165, 1.54) is 15.6 Å². The van der Waals surface area contributed by atoms with Crippen molar-refractivity contribution in [2.75, 3.05) is 0 Å². The number of nitrogens with zero attached hydrogens (tertiary/aromatic N) is 4. The zero-order valence-electron chi connectivity index (χ0n) is 15.0. The third-order valence-electron chi connectivity index (χ3n) is 3.53. The monoisotopic (exact) mass is 397 g/mol. The molecule has 0 atom stereocenters. The first-order valence-corrected chi connectivity index (χ1v) is 8.58. The van der Waals surface area contributed by atoms with Gasteiger partial charge in [-0.15, -0.1) is 0 Å². The largest absolute Gasteiger partial charge is 0.350 e. The van der Waals surface area contributed by atoms with Crippen molar-refractivity contribution < 1.29 is 4.79 Å². The average Bonchev–Trinajstić information content (AvgIpc) is 2.64. The van der Waals surface area contributed by atoms with Crippen molar-refractivity contribution in [1.82, 2.24) is 24.6 Å². The molecule has 2 aromatic rings. The van der Waals surface area contributed by atoms with Crippen molar-refractivity contribution in [2.45, 2.75) is 53.1 Å². The van der Waals surface area contributed by atoms with Crippen LogP contribution in [0.2, 0.25) is 0 Å². The van der Waals surface area contributed by atoms with E-state index in [9.17, 15) is 9.59 Å². The molecule has 7 nitrogen and oxygen atoms in total. The minimum Gasteiger partial charge on any atom is -0.350 e. The molecule has 1 N–H and O–H groups in total. The van der Waals surface area contributed by atoms with Crippen LogP contribution < -0.4 is 10.9 Å². The van der Waals surface area contributed by atoms with E-state index in [-0.39, 0.29) is 29.0 Å². The smallest absolute Gasteiger partial charge is 0.266 e. The highest BCUT2D eigenvalue weighted by molar-refractivity contribution is 9.10. The summed E-state index contributed by atoms with van der Waals surface area (Å²) in [6, 6.07) is 0. The predicted molar refractivity (Wildman–Crippen MR) is 96.8 cm³/mol. The van der Waals surface area contributed by atoms with E-state index >= 15 is 0 Å². The summed E-state index contributed by atoms with van der Waals surface area (Å²) in [4.78, 5) is 29.1. The maximum atomic E-state index is 12.6. The lowest BCUT2D eigenvalue weighted by Crippen LogP contribution is -2.47. The molecule has 0 bridgehead atoms. The summed E-state index contributed by atoms with van der Waals surface area (Å²) in [6.45, 7) is 10.3. The van der Waals surface area contributed by atoms with Crippen molar-refractivity contribution in [1.29, 1.82) is 0 Å². The van der Waals surface area contributed by atoms with Crippen molar-refractivity contribution in [2.24, 2.45) is 12.5 Å². The lowest BCUT2D eigenvalue weighted by atomic mass is 9.82. The van der Waals surface area contributed by atoms with E-state index in [1.807, 2.05) is 13.8 Å². The number of halogens is 1. The second kappa shape index (κ2) is 6.31. The van der Waals surface area contributed by atoms with Crippen LogP contribution in [0.5, 0.6) is 0 Å². The molecule has 0 fully saturated rings. The first kappa shape index (κ1) is 18.6. The molecule has 0 aromatic carbocycles. The maximum Gasteiger partial charge on any atom is 0.266 e. The Labute approximate surface area is 149 Å². The van der Waals surface area contributed by atoms with Crippen molar-refractivity contribution in [3.05, 3.63) is 21.3 Å². The van der Waals surface area contributed by atoms with E-state index < -0.39 is 0 Å². The normalized spacial score (nSPS) is 12.6. The Balaban J connectivity index is 2.21. The number of amides is 1. The topological polar surface area (TPSA) is 81.8 Å². The minimum absolute atomic E-state index is 0.0727. The van der Waals surface area contributed by atoms with Crippen LogP contribution in [0.25, 0.3) is 11.0 Å². The minimum atomic E-state index is -0.356. The molecule has 0 aliphatic rings. The van der Waals surface area contributed by atoms with Gasteiger partial charge in [-0.3, -0.25) is 14.2 Å². The zero-order chi connectivity index (χ0) is 18.3. The van der Waals surface area contributed by atoms with Crippen molar-refractivity contribution >= 4 is 32.9 Å². The molecule has 0 spiro atoms. The number of rotatable bonds is 4. The van der Waals surface area contributed by atoms with Gasteiger partial charge in [-0.1, -0.05) is 20.8 Å². The Bertz CT molecular complexity index is 829. The van der Waals surface area contributed by atoms with E-state index in [2.05, 4.69) is 52.1 Å². The molecular weight excluding hydrogens is 374 g/mol. The molecule has 24 heavy (non-hydrogen) atoms. The number of hydrogen-bond acceptors (Lipinski definition) is 4. The highest BCUT2D eigenvalue weighted by Gasteiger charge is 2.27. The summed E-state index contributed by atoms with van der Waals surface area (Å²) in [5, 5.41) is 7.50. The number of hydrogen-bond donors (Lipinski definition) is 1. The summed E-state index contributed by atoms with van der Waals surface area (Å²) in [7, 11) is 1.71. The molecule has 0 aliphatic heterocycles. The van der Waals surface area contributed by atoms with Gasteiger partial charge in [-0.05, 0) is 41.6 Å². The fraction of sp³-hybridized carbons (Fsp3) is 0.625. The third kappa shape index (κ3) is 4.23. The SMILES string of the molecule is Cn1nc(Br)c2c(=O)n(CC(=O)NC(C)(C)CC(C)(C)C)cnc21. The Kier molecular flexibility index (Phi) is 4.90. The van der Waals surface area contributed by atoms with Crippen LogP contribution in [-0.4, -0.2) is 30.8 Å². The first-order valence-electron chi connectivity index (χ1n) is 7.78. The number of carbonyl (C=O) groups excluding carboxylic acids is 1. The summed E-state index contributed by atoms with van der Waals surface area (Å²) in [6.07, 6.45) is 2.21. The van der Waals surface area contributed by atoms with Gasteiger partial charge in [0.1, 0.15) is 22.9 Å². The second-order valence-corrected chi connectivity index (χ2v) is 8.71. The molecule has 0 aliphatic carbocycles. The van der Waals surface area contributed by atoms with Gasteiger partial charge in [-0.2, -0.15) is 5.10 Å². The number of nitrogens with one attached hydrogen (secondary N) is 1. The van der Waals surface area contributed by atoms with Crippen molar-refractivity contribution in [3.8, 4) is 0 Å². The standard InChI is InChI=1S/C16H24BrN5O2/c1-15(2,3)8-16(4,5)19-10(23)7-22-9-18-13-11(14(22)24)12(17)20-21(13)6/h9H,7-8H2,1-6H3,(H,19,23). The summed E-state index contributed by atoms with van der Waals surface area (Å²) in [5.41, 5.74) is -0.0691. The molecule has 132 valence electrons. The molecule has 1 amide bonds. The number of aromatic nitrogens is 4. The Morgan fingerprint density at radius 1 is 1.29 bits per heavy atom. The van der Waals surface area contributed by atoms with Gasteiger partial charge in [0.15, 0.2) is 5.65 Å². The Hall–Kier alpha value is -1.70. The van der Waals surface area contributed by atoms with Gasteiger partial charge < -0.3 is 5.32 Å². The average molecular weight is 398 g/mol. The summed E-state index contributed by atoms with van der Waals surface area (Å²) < 4.78 is 3.26. The Morgan fingerprint density at radius 3 is 2.50 bits per heavy atom. The highest BCUT2D eigenvalue weighted by Crippen LogP contribution is 2.26. The van der Waals surface area contributed by atoms with Gasteiger partial charge in [0.2, 0.25) is 5.91 Å². The molecule has 0 saturated carbocycles. The van der Waals surface area contributed by atoms with E-state index in [0.717, 1.165) is 6.42 Å². The zero-order valence-corrected chi connectivity index (χ0v) is 16.6. The maximum absolute atomic E-state index is 12.6. The van der Waals surface area contributed by atoms with Crippen LogP contribution in [0, 0.1) is 5.41 Å². The van der Waals surface area contributed by atoms with Gasteiger partial charge in [0.05, 0.1) is 0 Å². The van der Waals surface area contributed by atoms with E-state index in [1.54, 1.807) is 7.05 Å². The van der Waals surface area contributed by atoms with E-state index in [4.69, 9.17) is 0 Å². The first-order chi connectivity index (χ1) is 10.9. The molecule has 0 saturated heterocycles. The number of carbonyl (C=O) groups is 1. The fourth-order valence-corrected chi connectivity index (χ4v) is 3.77. The fourth-order valence-electron chi connectivity index (χ4n) is 3.19. The molecule has 8 heteroatoms. The summed E-state index contributed by atoms with van der Waals surface area (Å²) in [5.74, 6) is -0.215. The van der Waals surface area contributed by atoms with Crippen LogP contribution in [0.4, 0.5) is 0 Å². The van der Waals surface area contributed by atoms with Crippen LogP contribution in [-0.2, 0) is 18.4 Å². The van der Waals surface area contributed by atoms with Crippen LogP contribution in [0.1, 0.15) is 41.0 Å². The third-order valence-corrected chi connectivity index (χ3v) is 4.09. The van der Waals surface area contributed by atoms with Gasteiger partial charge in [0.25, 0.3) is 5.56 Å². The molecule has 2 aromatic heterocycles. The quantitative estimate of drug-likeness (QED) is 0.857. The predicted octanol–water partition coefficient (Wildman–Crippen LogP) is 2.22.